The van der Waals surface area contributed by atoms with E-state index in [2.05, 4.69) is 46.5 Å². The van der Waals surface area contributed by atoms with Gasteiger partial charge in [-0.05, 0) is 0 Å². The minimum absolute atomic E-state index is 0. The fraction of sp³-hybridized carbons (Fsp3) is 0. The molecule has 0 bridgehead atoms. The molecule has 0 rings (SSSR count). The predicted octanol–water partition coefficient (Wildman–Crippen LogP) is 5.01. The van der Waals surface area contributed by atoms with Gasteiger partial charge in [-0.25, -0.2) is 0 Å². The summed E-state index contributed by atoms with van der Waals surface area (Å²) in [5.41, 5.74) is 0. The topological polar surface area (TPSA) is 17.1 Å². The van der Waals surface area contributed by atoms with E-state index in [1.54, 1.807) is 0 Å². The summed E-state index contributed by atoms with van der Waals surface area (Å²) in [7, 11) is 0. The molecule has 56 valence electrons. The molecule has 0 saturated heterocycles. The predicted molar refractivity (Wildman–Crippen MR) is 65.4 cm³/mol. The van der Waals surface area contributed by atoms with E-state index in [0.717, 1.165) is 0 Å². The van der Waals surface area contributed by atoms with Crippen LogP contribution in [0.3, 0.4) is 0 Å². The van der Waals surface area contributed by atoms with E-state index < -0.39 is 3.25 Å². The number of hydrogen-bond acceptors (Lipinski definition) is 1. The lowest BCUT2D eigenvalue weighted by Gasteiger charge is -1.76. The largest absolute Gasteiger partial charge is 0.287 e. The van der Waals surface area contributed by atoms with Gasteiger partial charge in [0.25, 0.3) is 3.25 Å². The summed E-state index contributed by atoms with van der Waals surface area (Å²) in [6.45, 7) is 0. The molecule has 8 heteroatoms. The zero-order valence-corrected chi connectivity index (χ0v) is 14.0. The van der Waals surface area contributed by atoms with Crippen molar-refractivity contribution in [3.63, 3.8) is 0 Å². The summed E-state index contributed by atoms with van der Waals surface area (Å²) in [5, 5.41) is 0. The minimum Gasteiger partial charge on any atom is -0.287 e. The van der Waals surface area contributed by atoms with E-state index in [0.29, 0.717) is 0 Å². The molecule has 0 aliphatic rings. The second kappa shape index (κ2) is 10.1. The van der Waals surface area contributed by atoms with Crippen LogP contribution in [0.4, 0.5) is 0 Å². The lowest BCUT2D eigenvalue weighted by molar-refractivity contribution is 0.603. The second-order valence-electron chi connectivity index (χ2n) is 0.399. The number of halogens is 6. The Kier molecular flexibility index (Phi) is 28.4. The van der Waals surface area contributed by atoms with Gasteiger partial charge in [0.05, 0.1) is 0 Å². The maximum Gasteiger partial charge on any atom is 0.268 e. The highest BCUT2D eigenvalue weighted by molar-refractivity contribution is 9.94. The summed E-state index contributed by atoms with van der Waals surface area (Å²) in [6.07, 6.45) is 0. The van der Waals surface area contributed by atoms with Crippen LogP contribution in [0, 0.1) is 0 Å². The first kappa shape index (κ1) is 22.5. The molecule has 0 amide bonds. The van der Waals surface area contributed by atoms with Crippen LogP contribution >= 0.6 is 101 Å². The van der Waals surface area contributed by atoms with E-state index in [-0.39, 0.29) is 50.9 Å². The summed E-state index contributed by atoms with van der Waals surface area (Å²) >= 11 is 8.29. The van der Waals surface area contributed by atoms with Crippen molar-refractivity contribution in [1.82, 2.24) is 0 Å². The molecule has 0 unspecified atom stereocenters. The van der Waals surface area contributed by atoms with Crippen molar-refractivity contribution in [3.05, 3.63) is 0 Å². The van der Waals surface area contributed by atoms with Gasteiger partial charge in [-0.15, -0.1) is 50.9 Å². The maximum atomic E-state index is 9.97. The second-order valence-corrected chi connectivity index (χ2v) is 18.8. The van der Waals surface area contributed by atoms with Crippen LogP contribution in [0.1, 0.15) is 0 Å². The fourth-order valence-corrected chi connectivity index (χ4v) is 0. The Hall–Kier alpha value is 3.11. The van der Waals surface area contributed by atoms with E-state index in [1.807, 2.05) is 0 Å². The maximum absolute atomic E-state index is 9.97. The van der Waals surface area contributed by atoms with Crippen LogP contribution in [0.2, 0.25) is 0 Å². The SMILES string of the molecule is Br.Br.Br.O=P(Br)(Br)Br. The Morgan fingerprint density at radius 1 is 0.875 bits per heavy atom. The van der Waals surface area contributed by atoms with E-state index in [1.165, 1.54) is 0 Å². The molecule has 0 radical (unpaired) electrons. The summed E-state index contributed by atoms with van der Waals surface area (Å²) in [6, 6.07) is 0. The van der Waals surface area contributed by atoms with Gasteiger partial charge in [-0.1, -0.05) is 0 Å². The van der Waals surface area contributed by atoms with Gasteiger partial charge in [0.15, 0.2) is 0 Å². The summed E-state index contributed by atoms with van der Waals surface area (Å²) < 4.78 is 7.76. The molecule has 0 spiro atoms. The lowest BCUT2D eigenvalue weighted by Crippen LogP contribution is -1.14. The quantitative estimate of drug-likeness (QED) is 0.404. The van der Waals surface area contributed by atoms with E-state index in [4.69, 9.17) is 0 Å². The number of hydrogen-bond donors (Lipinski definition) is 0. The zero-order chi connectivity index (χ0) is 4.50. The third-order valence-electron chi connectivity index (χ3n) is 0. The van der Waals surface area contributed by atoms with Crippen LogP contribution in [0.5, 0.6) is 0 Å². The standard InChI is InChI=1S/Br3OP.3BrH/c1-5(2,3)4;;;/h;3*1H. The fourth-order valence-electron chi connectivity index (χ4n) is 0. The van der Waals surface area contributed by atoms with Crippen molar-refractivity contribution in [2.75, 3.05) is 0 Å². The molecule has 1 nitrogen and oxygen atoms in total. The van der Waals surface area contributed by atoms with Gasteiger partial charge in [-0.2, -0.15) is 0 Å². The molecule has 0 heterocycles. The highest BCUT2D eigenvalue weighted by Gasteiger charge is 2.00. The molecule has 0 aromatic carbocycles. The van der Waals surface area contributed by atoms with Crippen LogP contribution < -0.4 is 0 Å². The average molecular weight is 529 g/mol. The van der Waals surface area contributed by atoms with Gasteiger partial charge >= 0.3 is 0 Å². The lowest BCUT2D eigenvalue weighted by atomic mass is 16.0. The molecule has 0 saturated carbocycles. The van der Waals surface area contributed by atoms with E-state index >= 15 is 0 Å². The minimum atomic E-state index is -2.20. The van der Waals surface area contributed by atoms with Crippen LogP contribution in [-0.2, 0) is 4.57 Å². The van der Waals surface area contributed by atoms with Crippen molar-refractivity contribution >= 4 is 101 Å². The molecule has 8 heavy (non-hydrogen) atoms. The molecule has 0 aromatic rings. The molecular weight excluding hydrogens is 526 g/mol. The smallest absolute Gasteiger partial charge is 0.268 e. The third kappa shape index (κ3) is 61.9. The molecule has 0 aliphatic carbocycles. The molecule has 0 fully saturated rings. The molecular formula is H3Br6OP. The van der Waals surface area contributed by atoms with Crippen molar-refractivity contribution in [2.24, 2.45) is 0 Å². The Morgan fingerprint density at radius 2 is 0.875 bits per heavy atom. The normalized spacial score (nSPS) is 7.38. The van der Waals surface area contributed by atoms with Crippen LogP contribution in [-0.4, -0.2) is 0 Å². The van der Waals surface area contributed by atoms with Gasteiger partial charge in [-0.3, -0.25) is 4.57 Å². The average Bonchev–Trinajstić information content (AvgIpc) is 0.722. The highest BCUT2D eigenvalue weighted by Crippen LogP contribution is 2.68. The van der Waals surface area contributed by atoms with Crippen LogP contribution in [0.25, 0.3) is 0 Å². The van der Waals surface area contributed by atoms with Crippen molar-refractivity contribution < 1.29 is 4.57 Å². The van der Waals surface area contributed by atoms with Crippen molar-refractivity contribution in [3.8, 4) is 0 Å². The third-order valence-corrected chi connectivity index (χ3v) is 0. The van der Waals surface area contributed by atoms with Gasteiger partial charge in [0.1, 0.15) is 0 Å². The van der Waals surface area contributed by atoms with Crippen molar-refractivity contribution in [1.29, 1.82) is 0 Å². The molecule has 0 N–H and O–H groups in total. The molecule has 0 aliphatic heterocycles. The molecule has 0 atom stereocenters. The van der Waals surface area contributed by atoms with E-state index in [9.17, 15) is 4.57 Å². The first-order chi connectivity index (χ1) is 2.00. The highest BCUT2D eigenvalue weighted by atomic mass is 80.0. The first-order valence-corrected chi connectivity index (χ1v) is 8.45. The molecule has 0 aromatic heterocycles. The zero-order valence-electron chi connectivity index (χ0n) is 3.21. The van der Waals surface area contributed by atoms with Crippen molar-refractivity contribution in [2.45, 2.75) is 0 Å². The van der Waals surface area contributed by atoms with Gasteiger partial charge in [0.2, 0.25) is 0 Å². The Bertz CT molecular complexity index is 54.7. The first-order valence-electron chi connectivity index (χ1n) is 0.690. The Labute approximate surface area is 104 Å². The van der Waals surface area contributed by atoms with Crippen LogP contribution in [0.15, 0.2) is 0 Å². The Balaban J connectivity index is -0.0000000267. The van der Waals surface area contributed by atoms with Gasteiger partial charge in [0, 0.05) is 46.5 Å². The Morgan fingerprint density at radius 3 is 0.875 bits per heavy atom. The summed E-state index contributed by atoms with van der Waals surface area (Å²) in [4.78, 5) is 0. The number of rotatable bonds is 0. The monoisotopic (exact) mass is 524 g/mol. The van der Waals surface area contributed by atoms with Gasteiger partial charge < -0.3 is 0 Å². The summed E-state index contributed by atoms with van der Waals surface area (Å²) in [5.74, 6) is 0.